The van der Waals surface area contributed by atoms with E-state index in [1.807, 2.05) is 60.3 Å². The molecule has 25 heavy (non-hydrogen) atoms. The zero-order valence-corrected chi connectivity index (χ0v) is 13.7. The van der Waals surface area contributed by atoms with Gasteiger partial charge in [-0.25, -0.2) is 0 Å². The molecule has 2 aromatic carbocycles. The molecule has 0 saturated carbocycles. The molecule has 0 aliphatic heterocycles. The summed E-state index contributed by atoms with van der Waals surface area (Å²) in [5.41, 5.74) is 4.24. The molecule has 0 aliphatic carbocycles. The Morgan fingerprint density at radius 3 is 2.44 bits per heavy atom. The summed E-state index contributed by atoms with van der Waals surface area (Å²) in [6, 6.07) is 18.1. The van der Waals surface area contributed by atoms with Crippen LogP contribution in [0.4, 0.5) is 0 Å². The van der Waals surface area contributed by atoms with E-state index in [0.717, 1.165) is 32.7 Å². The zero-order valence-electron chi connectivity index (χ0n) is 13.7. The number of nitrogens with zero attached hydrogens (tertiary/aromatic N) is 1. The first-order valence-corrected chi connectivity index (χ1v) is 8.24. The summed E-state index contributed by atoms with van der Waals surface area (Å²) in [6.45, 7) is 0. The van der Waals surface area contributed by atoms with Gasteiger partial charge in [0.05, 0.1) is 5.56 Å². The van der Waals surface area contributed by atoms with Gasteiger partial charge in [0.2, 0.25) is 0 Å². The van der Waals surface area contributed by atoms with Crippen molar-refractivity contribution in [3.05, 3.63) is 78.2 Å². The Bertz CT molecular complexity index is 1280. The summed E-state index contributed by atoms with van der Waals surface area (Å²) in [4.78, 5) is 20.0. The molecule has 0 fully saturated rings. The topological polar surface area (TPSA) is 52.5 Å². The normalized spacial score (nSPS) is 11.6. The second-order valence-corrected chi connectivity index (χ2v) is 6.31. The van der Waals surface area contributed by atoms with Gasteiger partial charge in [0.15, 0.2) is 6.20 Å². The second kappa shape index (κ2) is 5.05. The van der Waals surface area contributed by atoms with Crippen LogP contribution in [0.1, 0.15) is 16.1 Å². The number of aromatic amines is 2. The van der Waals surface area contributed by atoms with Gasteiger partial charge >= 0.3 is 0 Å². The van der Waals surface area contributed by atoms with Gasteiger partial charge in [0, 0.05) is 39.5 Å². The molecule has 4 nitrogen and oxygen atoms in total. The first-order valence-electron chi connectivity index (χ1n) is 8.24. The second-order valence-electron chi connectivity index (χ2n) is 6.31. The number of H-pyrrole nitrogens is 2. The van der Waals surface area contributed by atoms with E-state index >= 15 is 0 Å². The van der Waals surface area contributed by atoms with E-state index in [1.165, 1.54) is 0 Å². The molecule has 0 bridgehead atoms. The smallest absolute Gasteiger partial charge is 0.277 e. The van der Waals surface area contributed by atoms with Gasteiger partial charge in [0.25, 0.3) is 11.5 Å². The number of carbonyl (C=O) groups excluding carboxylic acids is 1. The van der Waals surface area contributed by atoms with E-state index in [2.05, 4.69) is 22.1 Å². The number of carbonyl (C=O) groups is 1. The maximum atomic E-state index is 13.4. The lowest BCUT2D eigenvalue weighted by atomic mass is 10.0. The molecule has 5 aromatic rings. The third kappa shape index (κ3) is 1.94. The quantitative estimate of drug-likeness (QED) is 0.376. The summed E-state index contributed by atoms with van der Waals surface area (Å²) in [6.07, 6.45) is 3.75. The van der Waals surface area contributed by atoms with Crippen molar-refractivity contribution in [1.82, 2.24) is 9.97 Å². The van der Waals surface area contributed by atoms with Gasteiger partial charge in [-0.15, -0.1) is 0 Å². The van der Waals surface area contributed by atoms with Crippen molar-refractivity contribution >= 4 is 38.5 Å². The Kier molecular flexibility index (Phi) is 2.82. The first kappa shape index (κ1) is 14.0. The number of pyridine rings is 1. The van der Waals surface area contributed by atoms with E-state index in [-0.39, 0.29) is 5.78 Å². The van der Waals surface area contributed by atoms with Gasteiger partial charge < -0.3 is 9.97 Å². The minimum Gasteiger partial charge on any atom is -0.360 e. The van der Waals surface area contributed by atoms with E-state index in [0.29, 0.717) is 11.3 Å². The predicted molar refractivity (Wildman–Crippen MR) is 98.7 cm³/mol. The standard InChI is InChI=1S/C21H15N3O/c1-24-11-10-15-13-6-3-5-9-18(13)23-19(15)20(24)21(25)16-12-22-17-8-4-2-7-14(16)17/h2-12H,1H3,(H,22,25)/p+1. The number of nitrogens with one attached hydrogen (secondary N) is 2. The van der Waals surface area contributed by atoms with Crippen LogP contribution < -0.4 is 4.57 Å². The molecule has 3 heterocycles. The Hall–Kier alpha value is -3.40. The molecule has 120 valence electrons. The van der Waals surface area contributed by atoms with E-state index in [9.17, 15) is 4.79 Å². The number of fused-ring (bicyclic) bond motifs is 4. The Balaban J connectivity index is 1.82. The van der Waals surface area contributed by atoms with Gasteiger partial charge in [-0.3, -0.25) is 4.79 Å². The summed E-state index contributed by atoms with van der Waals surface area (Å²) in [5.74, 6) is 0.0112. The van der Waals surface area contributed by atoms with Crippen molar-refractivity contribution in [2.24, 2.45) is 7.05 Å². The van der Waals surface area contributed by atoms with Gasteiger partial charge in [-0.2, -0.15) is 4.57 Å². The molecule has 2 N–H and O–H groups in total. The highest BCUT2D eigenvalue weighted by Gasteiger charge is 2.26. The third-order valence-corrected chi connectivity index (χ3v) is 4.85. The highest BCUT2D eigenvalue weighted by Crippen LogP contribution is 2.28. The van der Waals surface area contributed by atoms with Crippen molar-refractivity contribution in [3.63, 3.8) is 0 Å². The van der Waals surface area contributed by atoms with Crippen molar-refractivity contribution in [1.29, 1.82) is 0 Å². The number of aryl methyl sites for hydroxylation is 1. The number of rotatable bonds is 2. The Labute approximate surface area is 143 Å². The number of hydrogen-bond donors (Lipinski definition) is 2. The number of para-hydroxylation sites is 2. The maximum Gasteiger partial charge on any atom is 0.277 e. The van der Waals surface area contributed by atoms with Crippen LogP contribution in [0, 0.1) is 0 Å². The van der Waals surface area contributed by atoms with Gasteiger partial charge in [-0.1, -0.05) is 36.4 Å². The minimum absolute atomic E-state index is 0.0112. The molecule has 0 radical (unpaired) electrons. The fraction of sp³-hybridized carbons (Fsp3) is 0.0476. The molecule has 4 heteroatoms. The average molecular weight is 326 g/mol. The monoisotopic (exact) mass is 326 g/mol. The molecule has 0 unspecified atom stereocenters. The fourth-order valence-electron chi connectivity index (χ4n) is 3.62. The molecule has 0 saturated heterocycles. The highest BCUT2D eigenvalue weighted by molar-refractivity contribution is 6.21. The summed E-state index contributed by atoms with van der Waals surface area (Å²) in [7, 11) is 1.91. The van der Waals surface area contributed by atoms with Crippen molar-refractivity contribution in [2.45, 2.75) is 0 Å². The van der Waals surface area contributed by atoms with Crippen LogP contribution in [-0.4, -0.2) is 15.8 Å². The summed E-state index contributed by atoms with van der Waals surface area (Å²) >= 11 is 0. The number of hydrogen-bond acceptors (Lipinski definition) is 1. The zero-order chi connectivity index (χ0) is 17.0. The molecule has 0 amide bonds. The van der Waals surface area contributed by atoms with Crippen molar-refractivity contribution in [3.8, 4) is 0 Å². The number of aromatic nitrogens is 3. The molecule has 0 spiro atoms. The van der Waals surface area contributed by atoms with E-state index in [1.54, 1.807) is 6.20 Å². The average Bonchev–Trinajstić information content (AvgIpc) is 3.22. The number of benzene rings is 2. The first-order chi connectivity index (χ1) is 12.2. The molecular weight excluding hydrogens is 310 g/mol. The molecule has 3 aromatic heterocycles. The van der Waals surface area contributed by atoms with Crippen LogP contribution in [0.5, 0.6) is 0 Å². The lowest BCUT2D eigenvalue weighted by Crippen LogP contribution is -2.36. The minimum atomic E-state index is 0.0112. The van der Waals surface area contributed by atoms with Crippen molar-refractivity contribution < 1.29 is 9.36 Å². The van der Waals surface area contributed by atoms with Crippen LogP contribution in [0.25, 0.3) is 32.7 Å². The lowest BCUT2D eigenvalue weighted by Gasteiger charge is -2.01. The molecule has 0 atom stereocenters. The summed E-state index contributed by atoms with van der Waals surface area (Å²) in [5, 5.41) is 3.14. The predicted octanol–water partition coefficient (Wildman–Crippen LogP) is 3.86. The SMILES string of the molecule is C[n+]1ccc2c([nH]c3ccccc32)c1C(=O)c1c[nH]c2ccccc12. The summed E-state index contributed by atoms with van der Waals surface area (Å²) < 4.78 is 1.89. The van der Waals surface area contributed by atoms with Crippen LogP contribution in [0.15, 0.2) is 67.0 Å². The molecular formula is C21H16N3O+. The largest absolute Gasteiger partial charge is 0.360 e. The van der Waals surface area contributed by atoms with Gasteiger partial charge in [0.1, 0.15) is 12.6 Å². The Morgan fingerprint density at radius 2 is 1.60 bits per heavy atom. The fourth-order valence-corrected chi connectivity index (χ4v) is 3.62. The van der Waals surface area contributed by atoms with Gasteiger partial charge in [-0.05, 0) is 12.1 Å². The third-order valence-electron chi connectivity index (χ3n) is 4.85. The van der Waals surface area contributed by atoms with E-state index in [4.69, 9.17) is 0 Å². The molecule has 0 aliphatic rings. The lowest BCUT2D eigenvalue weighted by molar-refractivity contribution is -0.672. The molecule has 5 rings (SSSR count). The highest BCUT2D eigenvalue weighted by atomic mass is 16.1. The van der Waals surface area contributed by atoms with Crippen molar-refractivity contribution in [2.75, 3.05) is 0 Å². The van der Waals surface area contributed by atoms with E-state index < -0.39 is 0 Å². The Morgan fingerprint density at radius 1 is 0.880 bits per heavy atom. The van der Waals surface area contributed by atoms with Crippen LogP contribution in [-0.2, 0) is 7.05 Å². The number of ketones is 1. The van der Waals surface area contributed by atoms with Crippen LogP contribution >= 0.6 is 0 Å². The van der Waals surface area contributed by atoms with Crippen LogP contribution in [0.3, 0.4) is 0 Å². The van der Waals surface area contributed by atoms with Crippen LogP contribution in [0.2, 0.25) is 0 Å². The maximum absolute atomic E-state index is 13.4.